The number of oxime groups is 1. The molecular formula is C21H14ClN3O2. The summed E-state index contributed by atoms with van der Waals surface area (Å²) in [6.45, 7) is 0. The van der Waals surface area contributed by atoms with Gasteiger partial charge in [-0.05, 0) is 30.3 Å². The molecule has 1 atom stereocenters. The first kappa shape index (κ1) is 15.9. The lowest BCUT2D eigenvalue weighted by Crippen LogP contribution is -2.51. The lowest BCUT2D eigenvalue weighted by atomic mass is 10.00. The van der Waals surface area contributed by atoms with Crippen molar-refractivity contribution >= 4 is 34.7 Å². The number of nitrogens with zero attached hydrogens (tertiary/aromatic N) is 2. The zero-order chi connectivity index (χ0) is 18.4. The molecule has 5 nitrogen and oxygen atoms in total. The van der Waals surface area contributed by atoms with Crippen LogP contribution in [0.5, 0.6) is 0 Å². The highest BCUT2D eigenvalue weighted by molar-refractivity contribution is 6.31. The second-order valence-corrected chi connectivity index (χ2v) is 6.77. The molecule has 5 rings (SSSR count). The molecule has 2 heterocycles. The molecule has 6 heteroatoms. The van der Waals surface area contributed by atoms with E-state index in [1.165, 1.54) is 0 Å². The van der Waals surface area contributed by atoms with Crippen molar-refractivity contribution in [3.05, 3.63) is 95.0 Å². The molecule has 0 fully saturated rings. The standard InChI is InChI=1S/C21H14ClN3O2/c22-15-11-12-18-17(13-15)21(20(26)23-18)25(16-9-5-2-6-10-16)19(24-27-21)14-7-3-1-4-8-14/h1-13H,(H,23,26)/t21-/m0/s1. The summed E-state index contributed by atoms with van der Waals surface area (Å²) in [7, 11) is 0. The molecule has 27 heavy (non-hydrogen) atoms. The fourth-order valence-corrected chi connectivity index (χ4v) is 3.71. The Labute approximate surface area is 160 Å². The van der Waals surface area contributed by atoms with Gasteiger partial charge in [-0.3, -0.25) is 9.69 Å². The topological polar surface area (TPSA) is 53.9 Å². The molecular weight excluding hydrogens is 362 g/mol. The fraction of sp³-hybridized carbons (Fsp3) is 0.0476. The van der Waals surface area contributed by atoms with E-state index in [1.54, 1.807) is 18.2 Å². The Hall–Kier alpha value is -3.31. The predicted octanol–water partition coefficient (Wildman–Crippen LogP) is 4.34. The molecule has 3 aromatic rings. The SMILES string of the molecule is O=C1Nc2ccc(Cl)cc2[C@]12ON=C(c1ccccc1)N2c1ccccc1. The smallest absolute Gasteiger partial charge is 0.322 e. The maximum absolute atomic E-state index is 13.1. The second-order valence-electron chi connectivity index (χ2n) is 6.33. The quantitative estimate of drug-likeness (QED) is 0.724. The molecule has 0 aromatic heterocycles. The van der Waals surface area contributed by atoms with Crippen LogP contribution < -0.4 is 10.2 Å². The molecule has 2 aliphatic rings. The van der Waals surface area contributed by atoms with Crippen molar-refractivity contribution in [1.29, 1.82) is 0 Å². The van der Waals surface area contributed by atoms with Crippen LogP contribution in [0.25, 0.3) is 0 Å². The summed E-state index contributed by atoms with van der Waals surface area (Å²) >= 11 is 6.23. The van der Waals surface area contributed by atoms with Crippen molar-refractivity contribution in [3.8, 4) is 0 Å². The van der Waals surface area contributed by atoms with Gasteiger partial charge < -0.3 is 10.2 Å². The van der Waals surface area contributed by atoms with Crippen LogP contribution in [-0.2, 0) is 15.4 Å². The van der Waals surface area contributed by atoms with E-state index in [2.05, 4.69) is 10.5 Å². The summed E-state index contributed by atoms with van der Waals surface area (Å²) in [4.78, 5) is 20.8. The third-order valence-electron chi connectivity index (χ3n) is 4.74. The van der Waals surface area contributed by atoms with Crippen LogP contribution in [0.15, 0.2) is 84.0 Å². The number of halogens is 1. The van der Waals surface area contributed by atoms with E-state index in [-0.39, 0.29) is 5.91 Å². The monoisotopic (exact) mass is 375 g/mol. The summed E-state index contributed by atoms with van der Waals surface area (Å²) in [5.41, 5.74) is 1.50. The van der Waals surface area contributed by atoms with E-state index in [0.29, 0.717) is 22.1 Å². The minimum absolute atomic E-state index is 0.307. The Balaban J connectivity index is 1.75. The first-order chi connectivity index (χ1) is 13.2. The number of hydrogen-bond acceptors (Lipinski definition) is 4. The highest BCUT2D eigenvalue weighted by atomic mass is 35.5. The molecule has 1 N–H and O–H groups in total. The lowest BCUT2D eigenvalue weighted by Gasteiger charge is -2.32. The summed E-state index contributed by atoms with van der Waals surface area (Å²) in [5.74, 6) is 0.253. The highest BCUT2D eigenvalue weighted by Gasteiger charge is 2.60. The number of benzene rings is 3. The number of amidine groups is 1. The molecule has 0 saturated heterocycles. The normalized spacial score (nSPS) is 20.3. The van der Waals surface area contributed by atoms with Crippen molar-refractivity contribution in [2.75, 3.05) is 10.2 Å². The first-order valence-corrected chi connectivity index (χ1v) is 8.86. The molecule has 132 valence electrons. The number of nitrogens with one attached hydrogen (secondary N) is 1. The van der Waals surface area contributed by atoms with Crippen molar-refractivity contribution in [2.24, 2.45) is 5.16 Å². The summed E-state index contributed by atoms with van der Waals surface area (Å²) in [6, 6.07) is 24.5. The highest BCUT2D eigenvalue weighted by Crippen LogP contribution is 2.48. The number of hydrogen-bond donors (Lipinski definition) is 1. The summed E-state index contributed by atoms with van der Waals surface area (Å²) < 4.78 is 0. The van der Waals surface area contributed by atoms with Crippen molar-refractivity contribution < 1.29 is 9.63 Å². The molecule has 0 radical (unpaired) electrons. The van der Waals surface area contributed by atoms with E-state index >= 15 is 0 Å². The second kappa shape index (κ2) is 5.86. The van der Waals surface area contributed by atoms with Crippen LogP contribution in [0.4, 0.5) is 11.4 Å². The van der Waals surface area contributed by atoms with Crippen molar-refractivity contribution in [3.63, 3.8) is 0 Å². The molecule has 0 saturated carbocycles. The zero-order valence-corrected chi connectivity index (χ0v) is 14.9. The van der Waals surface area contributed by atoms with E-state index in [1.807, 2.05) is 65.6 Å². The number of amides is 1. The molecule has 0 bridgehead atoms. The van der Waals surface area contributed by atoms with Crippen LogP contribution in [0, 0.1) is 0 Å². The van der Waals surface area contributed by atoms with Gasteiger partial charge in [-0.2, -0.15) is 0 Å². The van der Waals surface area contributed by atoms with Gasteiger partial charge in [-0.15, -0.1) is 0 Å². The largest absolute Gasteiger partial charge is 0.349 e. The maximum atomic E-state index is 13.1. The van der Waals surface area contributed by atoms with Crippen LogP contribution >= 0.6 is 11.6 Å². The maximum Gasteiger partial charge on any atom is 0.322 e. The molecule has 1 spiro atoms. The molecule has 0 unspecified atom stereocenters. The van der Waals surface area contributed by atoms with E-state index < -0.39 is 5.72 Å². The number of fused-ring (bicyclic) bond motifs is 2. The van der Waals surface area contributed by atoms with Gasteiger partial charge in [0.2, 0.25) is 0 Å². The van der Waals surface area contributed by atoms with Gasteiger partial charge in [0.15, 0.2) is 5.84 Å². The van der Waals surface area contributed by atoms with Gasteiger partial charge in [0, 0.05) is 16.3 Å². The van der Waals surface area contributed by atoms with E-state index in [4.69, 9.17) is 16.4 Å². The van der Waals surface area contributed by atoms with Crippen LogP contribution in [0.2, 0.25) is 5.02 Å². The number of carbonyl (C=O) groups is 1. The van der Waals surface area contributed by atoms with Gasteiger partial charge in [0.05, 0.1) is 11.3 Å². The van der Waals surface area contributed by atoms with Crippen molar-refractivity contribution in [1.82, 2.24) is 0 Å². The Kier molecular flexibility index (Phi) is 3.45. The first-order valence-electron chi connectivity index (χ1n) is 8.48. The molecule has 2 aliphatic heterocycles. The van der Waals surface area contributed by atoms with Crippen LogP contribution in [-0.4, -0.2) is 11.7 Å². The third kappa shape index (κ3) is 2.25. The van der Waals surface area contributed by atoms with Crippen molar-refractivity contribution in [2.45, 2.75) is 5.72 Å². The van der Waals surface area contributed by atoms with E-state index in [0.717, 1.165) is 11.3 Å². The summed E-state index contributed by atoms with van der Waals surface area (Å²) in [5, 5.41) is 7.73. The van der Waals surface area contributed by atoms with Gasteiger partial charge in [0.25, 0.3) is 5.91 Å². The van der Waals surface area contributed by atoms with Gasteiger partial charge >= 0.3 is 5.72 Å². The molecule has 1 amide bonds. The average Bonchev–Trinajstić information content (AvgIpc) is 3.23. The number of rotatable bonds is 2. The average molecular weight is 376 g/mol. The summed E-state index contributed by atoms with van der Waals surface area (Å²) in [6.07, 6.45) is 0. The van der Waals surface area contributed by atoms with Gasteiger partial charge in [-0.25, -0.2) is 0 Å². The molecule has 0 aliphatic carbocycles. The van der Waals surface area contributed by atoms with Gasteiger partial charge in [-0.1, -0.05) is 65.3 Å². The fourth-order valence-electron chi connectivity index (χ4n) is 3.54. The van der Waals surface area contributed by atoms with Gasteiger partial charge in [0.1, 0.15) is 0 Å². The number of para-hydroxylation sites is 1. The van der Waals surface area contributed by atoms with Crippen LogP contribution in [0.1, 0.15) is 11.1 Å². The zero-order valence-electron chi connectivity index (χ0n) is 14.1. The Morgan fingerprint density at radius 1 is 0.963 bits per heavy atom. The molecule has 3 aromatic carbocycles. The van der Waals surface area contributed by atoms with Crippen LogP contribution in [0.3, 0.4) is 0 Å². The predicted molar refractivity (Wildman–Crippen MR) is 105 cm³/mol. The Morgan fingerprint density at radius 2 is 1.67 bits per heavy atom. The number of anilines is 2. The minimum atomic E-state index is -1.44. The lowest BCUT2D eigenvalue weighted by molar-refractivity contribution is -0.137. The Bertz CT molecular complexity index is 1070. The third-order valence-corrected chi connectivity index (χ3v) is 4.98. The Morgan fingerprint density at radius 3 is 2.41 bits per heavy atom. The minimum Gasteiger partial charge on any atom is -0.349 e. The van der Waals surface area contributed by atoms with E-state index in [9.17, 15) is 4.79 Å². The number of carbonyl (C=O) groups excluding carboxylic acids is 1.